The molecule has 0 aliphatic carbocycles. The number of benzene rings is 2. The third-order valence-electron chi connectivity index (χ3n) is 3.49. The Labute approximate surface area is 121 Å². The van der Waals surface area contributed by atoms with Crippen LogP contribution in [0.3, 0.4) is 0 Å². The van der Waals surface area contributed by atoms with E-state index in [-0.39, 0.29) is 0 Å². The van der Waals surface area contributed by atoms with Gasteiger partial charge >= 0.3 is 0 Å². The number of methoxy groups -OCH3 is 1. The fraction of sp³-hybridized carbons (Fsp3) is 0.133. The van der Waals surface area contributed by atoms with Gasteiger partial charge in [-0.2, -0.15) is 0 Å². The highest BCUT2D eigenvalue weighted by atomic mass is 35.5. The molecule has 0 spiro atoms. The fourth-order valence-electron chi connectivity index (χ4n) is 2.52. The van der Waals surface area contributed by atoms with Crippen LogP contribution in [0.25, 0.3) is 0 Å². The lowest BCUT2D eigenvalue weighted by molar-refractivity contribution is -0.131. The number of anilines is 1. The molecule has 0 radical (unpaired) electrons. The molecule has 0 aromatic heterocycles. The Hall–Kier alpha value is -2.04. The van der Waals surface area contributed by atoms with Crippen LogP contribution in [0, 0.1) is 0 Å². The predicted octanol–water partition coefficient (Wildman–Crippen LogP) is 2.43. The van der Waals surface area contributed by atoms with Gasteiger partial charge in [-0.3, -0.25) is 4.79 Å². The summed E-state index contributed by atoms with van der Waals surface area (Å²) in [6.45, 7) is 0. The molecular weight excluding hydrogens is 278 g/mol. The van der Waals surface area contributed by atoms with Gasteiger partial charge in [0.25, 0.3) is 5.91 Å². The molecule has 1 aliphatic rings. The maximum absolute atomic E-state index is 12.4. The van der Waals surface area contributed by atoms with E-state index in [0.29, 0.717) is 22.6 Å². The molecule has 5 heteroatoms. The number of para-hydroxylation sites is 2. The summed E-state index contributed by atoms with van der Waals surface area (Å²) in [5, 5.41) is 11.0. The van der Waals surface area contributed by atoms with E-state index in [0.717, 1.165) is 4.42 Å². The van der Waals surface area contributed by atoms with E-state index < -0.39 is 11.5 Å². The molecule has 1 N–H and O–H groups in total. The number of fused-ring (bicyclic) bond motifs is 1. The van der Waals surface area contributed by atoms with E-state index in [4.69, 9.17) is 16.5 Å². The maximum Gasteiger partial charge on any atom is 0.283 e. The molecule has 102 valence electrons. The molecule has 3 rings (SSSR count). The van der Waals surface area contributed by atoms with Crippen LogP contribution in [-0.4, -0.2) is 18.1 Å². The molecule has 1 heterocycles. The van der Waals surface area contributed by atoms with Crippen LogP contribution in [-0.2, 0) is 10.4 Å². The highest BCUT2D eigenvalue weighted by Gasteiger charge is 2.52. The Morgan fingerprint density at radius 3 is 2.40 bits per heavy atom. The molecule has 0 bridgehead atoms. The van der Waals surface area contributed by atoms with E-state index in [1.165, 1.54) is 7.11 Å². The highest BCUT2D eigenvalue weighted by molar-refractivity contribution is 6.40. The fourth-order valence-corrected chi connectivity index (χ4v) is 2.79. The minimum Gasteiger partial charge on any atom is -0.496 e. The van der Waals surface area contributed by atoms with Gasteiger partial charge in [0.2, 0.25) is 5.60 Å². The predicted molar refractivity (Wildman–Crippen MR) is 75.8 cm³/mol. The lowest BCUT2D eigenvalue weighted by Crippen LogP contribution is -2.37. The molecular formula is C15H12ClNO3. The van der Waals surface area contributed by atoms with Crippen LogP contribution in [0.2, 0.25) is 0 Å². The molecule has 1 aliphatic heterocycles. The van der Waals surface area contributed by atoms with Crippen molar-refractivity contribution in [1.82, 2.24) is 0 Å². The van der Waals surface area contributed by atoms with Crippen LogP contribution in [0.4, 0.5) is 5.69 Å². The Kier molecular flexibility index (Phi) is 2.92. The zero-order valence-electron chi connectivity index (χ0n) is 10.7. The minimum absolute atomic E-state index is 0.378. The van der Waals surface area contributed by atoms with E-state index in [1.54, 1.807) is 48.5 Å². The van der Waals surface area contributed by atoms with Gasteiger partial charge in [0, 0.05) is 22.9 Å². The van der Waals surface area contributed by atoms with Crippen molar-refractivity contribution in [1.29, 1.82) is 0 Å². The van der Waals surface area contributed by atoms with Crippen molar-refractivity contribution in [2.24, 2.45) is 0 Å². The summed E-state index contributed by atoms with van der Waals surface area (Å²) in [6, 6.07) is 13.7. The SMILES string of the molecule is COc1ccccc1C1(O)C(=O)N(Cl)c2ccccc21. The zero-order valence-corrected chi connectivity index (χ0v) is 11.5. The first-order valence-corrected chi connectivity index (χ1v) is 6.40. The van der Waals surface area contributed by atoms with E-state index in [1.807, 2.05) is 0 Å². The number of ether oxygens (including phenoxy) is 1. The number of hydrogen-bond acceptors (Lipinski definition) is 3. The second-order valence-electron chi connectivity index (χ2n) is 4.51. The first-order chi connectivity index (χ1) is 9.60. The molecule has 0 saturated carbocycles. The molecule has 4 nitrogen and oxygen atoms in total. The van der Waals surface area contributed by atoms with Gasteiger partial charge in [0.1, 0.15) is 5.75 Å². The smallest absolute Gasteiger partial charge is 0.283 e. The summed E-state index contributed by atoms with van der Waals surface area (Å²) in [7, 11) is 1.49. The third kappa shape index (κ3) is 1.55. The van der Waals surface area contributed by atoms with Crippen molar-refractivity contribution in [3.05, 3.63) is 59.7 Å². The standard InChI is InChI=1S/C15H12ClNO3/c1-20-13-9-5-3-7-11(13)15(19)10-6-2-4-8-12(10)17(16)14(15)18/h2-9,19H,1H3. The number of hydrogen-bond donors (Lipinski definition) is 1. The summed E-state index contributed by atoms with van der Waals surface area (Å²) in [4.78, 5) is 12.4. The average Bonchev–Trinajstić information content (AvgIpc) is 2.70. The van der Waals surface area contributed by atoms with Gasteiger partial charge in [-0.25, -0.2) is 4.42 Å². The Bertz CT molecular complexity index is 688. The lowest BCUT2D eigenvalue weighted by atomic mass is 9.87. The van der Waals surface area contributed by atoms with Crippen molar-refractivity contribution in [3.63, 3.8) is 0 Å². The summed E-state index contributed by atoms with van der Waals surface area (Å²) in [5.41, 5.74) is -0.523. The van der Waals surface area contributed by atoms with Gasteiger partial charge in [0.05, 0.1) is 12.8 Å². The molecule has 2 aromatic carbocycles. The van der Waals surface area contributed by atoms with Crippen molar-refractivity contribution in [2.75, 3.05) is 11.5 Å². The first kappa shape index (κ1) is 13.0. The first-order valence-electron chi connectivity index (χ1n) is 6.06. The topological polar surface area (TPSA) is 49.8 Å². The summed E-state index contributed by atoms with van der Waals surface area (Å²) >= 11 is 6.01. The van der Waals surface area contributed by atoms with Gasteiger partial charge in [-0.15, -0.1) is 0 Å². The summed E-state index contributed by atoms with van der Waals surface area (Å²) in [6.07, 6.45) is 0. The Morgan fingerprint density at radius 1 is 1.10 bits per heavy atom. The molecule has 0 saturated heterocycles. The molecule has 1 amide bonds. The molecule has 1 atom stereocenters. The normalized spacial score (nSPS) is 20.9. The van der Waals surface area contributed by atoms with Gasteiger partial charge in [-0.1, -0.05) is 36.4 Å². The number of aliphatic hydroxyl groups is 1. The monoisotopic (exact) mass is 289 g/mol. The minimum atomic E-state index is -1.83. The van der Waals surface area contributed by atoms with Crippen LogP contribution in [0.5, 0.6) is 5.75 Å². The van der Waals surface area contributed by atoms with E-state index >= 15 is 0 Å². The largest absolute Gasteiger partial charge is 0.496 e. The molecule has 2 aromatic rings. The zero-order chi connectivity index (χ0) is 14.3. The lowest BCUT2D eigenvalue weighted by Gasteiger charge is -2.23. The average molecular weight is 290 g/mol. The van der Waals surface area contributed by atoms with Gasteiger partial charge in [0.15, 0.2) is 0 Å². The van der Waals surface area contributed by atoms with Crippen molar-refractivity contribution in [2.45, 2.75) is 5.60 Å². The molecule has 0 fully saturated rings. The number of nitrogens with zero attached hydrogens (tertiary/aromatic N) is 1. The van der Waals surface area contributed by atoms with Crippen molar-refractivity contribution < 1.29 is 14.6 Å². The van der Waals surface area contributed by atoms with Crippen LogP contribution < -0.4 is 9.16 Å². The Balaban J connectivity index is 2.29. The van der Waals surface area contributed by atoms with Crippen LogP contribution in [0.15, 0.2) is 48.5 Å². The highest BCUT2D eigenvalue weighted by Crippen LogP contribution is 2.47. The van der Waals surface area contributed by atoms with Crippen LogP contribution >= 0.6 is 11.8 Å². The second kappa shape index (κ2) is 4.51. The number of carbonyl (C=O) groups is 1. The summed E-state index contributed by atoms with van der Waals surface area (Å²) in [5.74, 6) is -0.171. The number of amides is 1. The second-order valence-corrected chi connectivity index (χ2v) is 4.85. The van der Waals surface area contributed by atoms with E-state index in [9.17, 15) is 9.90 Å². The molecule has 20 heavy (non-hydrogen) atoms. The molecule has 1 unspecified atom stereocenters. The van der Waals surface area contributed by atoms with Crippen molar-refractivity contribution in [3.8, 4) is 5.75 Å². The van der Waals surface area contributed by atoms with E-state index in [2.05, 4.69) is 0 Å². The quantitative estimate of drug-likeness (QED) is 0.864. The van der Waals surface area contributed by atoms with Crippen LogP contribution in [0.1, 0.15) is 11.1 Å². The number of carbonyl (C=O) groups excluding carboxylic acids is 1. The van der Waals surface area contributed by atoms with Gasteiger partial charge in [-0.05, 0) is 12.1 Å². The third-order valence-corrected chi connectivity index (χ3v) is 3.83. The van der Waals surface area contributed by atoms with Crippen molar-refractivity contribution >= 4 is 23.4 Å². The number of rotatable bonds is 2. The summed E-state index contributed by atoms with van der Waals surface area (Å²) < 4.78 is 6.19. The van der Waals surface area contributed by atoms with Gasteiger partial charge < -0.3 is 9.84 Å². The Morgan fingerprint density at radius 2 is 1.70 bits per heavy atom. The number of halogens is 1. The maximum atomic E-state index is 12.4.